The van der Waals surface area contributed by atoms with Gasteiger partial charge in [-0.15, -0.1) is 24.0 Å². The van der Waals surface area contributed by atoms with Crippen molar-refractivity contribution in [3.63, 3.8) is 0 Å². The van der Waals surface area contributed by atoms with Crippen molar-refractivity contribution in [2.24, 2.45) is 10.9 Å². The van der Waals surface area contributed by atoms with E-state index in [1.54, 1.807) is 7.11 Å². The maximum absolute atomic E-state index is 5.39. The van der Waals surface area contributed by atoms with Gasteiger partial charge >= 0.3 is 0 Å². The van der Waals surface area contributed by atoms with Gasteiger partial charge in [-0.2, -0.15) is 0 Å². The summed E-state index contributed by atoms with van der Waals surface area (Å²) in [6, 6.07) is 8.15. The topological polar surface area (TPSA) is 48.9 Å². The third kappa shape index (κ3) is 7.81. The minimum atomic E-state index is 0. The molecule has 0 spiro atoms. The summed E-state index contributed by atoms with van der Waals surface area (Å²) in [5.74, 6) is 2.44. The first kappa shape index (κ1) is 22.0. The summed E-state index contributed by atoms with van der Waals surface area (Å²) in [6.45, 7) is 7.77. The Labute approximate surface area is 169 Å². The number of aliphatic imine (C=N–C) groups is 1. The molecular weight excluding hydrogens is 427 g/mol. The second-order valence-corrected chi connectivity index (χ2v) is 6.55. The SMILES string of the molecule is CN=C(NCCc1ccccc1OC)NCC(C)CN1CCCC1.I. The number of ether oxygens (including phenoxy) is 1. The van der Waals surface area contributed by atoms with Gasteiger partial charge in [-0.1, -0.05) is 25.1 Å². The number of nitrogens with zero attached hydrogens (tertiary/aromatic N) is 2. The highest BCUT2D eigenvalue weighted by Gasteiger charge is 2.14. The number of halogens is 1. The largest absolute Gasteiger partial charge is 0.496 e. The van der Waals surface area contributed by atoms with Gasteiger partial charge in [0, 0.05) is 26.7 Å². The van der Waals surface area contributed by atoms with Crippen LogP contribution < -0.4 is 15.4 Å². The Kier molecular flexibility index (Phi) is 10.9. The number of nitrogens with one attached hydrogen (secondary N) is 2. The number of rotatable bonds is 8. The molecule has 1 aromatic rings. The number of hydrogen-bond acceptors (Lipinski definition) is 3. The Morgan fingerprint density at radius 3 is 2.64 bits per heavy atom. The van der Waals surface area contributed by atoms with Crippen molar-refractivity contribution in [1.82, 2.24) is 15.5 Å². The van der Waals surface area contributed by atoms with Crippen LogP contribution >= 0.6 is 24.0 Å². The molecule has 1 fully saturated rings. The number of para-hydroxylation sites is 1. The van der Waals surface area contributed by atoms with E-state index in [9.17, 15) is 0 Å². The summed E-state index contributed by atoms with van der Waals surface area (Å²) in [7, 11) is 3.54. The molecular formula is C19H33IN4O. The van der Waals surface area contributed by atoms with Crippen LogP contribution in [0.3, 0.4) is 0 Å². The van der Waals surface area contributed by atoms with Crippen LogP contribution in [0, 0.1) is 5.92 Å². The van der Waals surface area contributed by atoms with Gasteiger partial charge in [0.2, 0.25) is 0 Å². The normalized spacial score (nSPS) is 16.2. The Bertz CT molecular complexity index is 518. The first-order valence-electron chi connectivity index (χ1n) is 9.01. The van der Waals surface area contributed by atoms with Crippen molar-refractivity contribution in [2.75, 3.05) is 46.9 Å². The minimum Gasteiger partial charge on any atom is -0.496 e. The molecule has 5 nitrogen and oxygen atoms in total. The van der Waals surface area contributed by atoms with Crippen LogP contribution in [0.4, 0.5) is 0 Å². The molecule has 1 aliphatic heterocycles. The lowest BCUT2D eigenvalue weighted by molar-refractivity contribution is 0.287. The number of benzene rings is 1. The molecule has 6 heteroatoms. The zero-order chi connectivity index (χ0) is 17.2. The summed E-state index contributed by atoms with van der Waals surface area (Å²) < 4.78 is 5.39. The third-order valence-corrected chi connectivity index (χ3v) is 4.49. The van der Waals surface area contributed by atoms with Crippen LogP contribution in [0.2, 0.25) is 0 Å². The van der Waals surface area contributed by atoms with Crippen molar-refractivity contribution in [3.05, 3.63) is 29.8 Å². The Hall–Kier alpha value is -1.02. The highest BCUT2D eigenvalue weighted by molar-refractivity contribution is 14.0. The Morgan fingerprint density at radius 2 is 1.96 bits per heavy atom. The van der Waals surface area contributed by atoms with E-state index in [4.69, 9.17) is 4.74 Å². The van der Waals surface area contributed by atoms with E-state index in [2.05, 4.69) is 33.5 Å². The molecule has 2 N–H and O–H groups in total. The number of guanidine groups is 1. The van der Waals surface area contributed by atoms with Gasteiger partial charge in [-0.05, 0) is 49.9 Å². The van der Waals surface area contributed by atoms with E-state index in [1.807, 2.05) is 25.2 Å². The number of likely N-dealkylation sites (tertiary alicyclic amines) is 1. The molecule has 1 unspecified atom stereocenters. The van der Waals surface area contributed by atoms with Gasteiger partial charge in [0.1, 0.15) is 5.75 Å². The first-order chi connectivity index (χ1) is 11.7. The van der Waals surface area contributed by atoms with Crippen LogP contribution in [-0.2, 0) is 6.42 Å². The fourth-order valence-electron chi connectivity index (χ4n) is 3.19. The first-order valence-corrected chi connectivity index (χ1v) is 9.01. The summed E-state index contributed by atoms with van der Waals surface area (Å²) in [6.07, 6.45) is 3.62. The molecule has 0 saturated carbocycles. The lowest BCUT2D eigenvalue weighted by Gasteiger charge is -2.21. The van der Waals surface area contributed by atoms with E-state index < -0.39 is 0 Å². The molecule has 0 aliphatic carbocycles. The molecule has 1 aliphatic rings. The average Bonchev–Trinajstić information content (AvgIpc) is 3.11. The van der Waals surface area contributed by atoms with Crippen molar-refractivity contribution >= 4 is 29.9 Å². The second-order valence-electron chi connectivity index (χ2n) is 6.55. The monoisotopic (exact) mass is 460 g/mol. The number of methoxy groups -OCH3 is 1. The lowest BCUT2D eigenvalue weighted by atomic mass is 10.1. The molecule has 0 amide bonds. The molecule has 0 aromatic heterocycles. The zero-order valence-corrected chi connectivity index (χ0v) is 18.1. The summed E-state index contributed by atoms with van der Waals surface area (Å²) in [4.78, 5) is 6.87. The summed E-state index contributed by atoms with van der Waals surface area (Å²) in [5, 5.41) is 6.83. The quantitative estimate of drug-likeness (QED) is 0.356. The van der Waals surface area contributed by atoms with Crippen molar-refractivity contribution in [2.45, 2.75) is 26.2 Å². The minimum absolute atomic E-state index is 0. The predicted molar refractivity (Wildman–Crippen MR) is 116 cm³/mol. The molecule has 1 heterocycles. The summed E-state index contributed by atoms with van der Waals surface area (Å²) >= 11 is 0. The summed E-state index contributed by atoms with van der Waals surface area (Å²) in [5.41, 5.74) is 1.21. The van der Waals surface area contributed by atoms with Gasteiger partial charge in [-0.3, -0.25) is 4.99 Å². The van der Waals surface area contributed by atoms with E-state index in [-0.39, 0.29) is 24.0 Å². The van der Waals surface area contributed by atoms with Crippen LogP contribution in [-0.4, -0.2) is 57.7 Å². The van der Waals surface area contributed by atoms with E-state index in [0.29, 0.717) is 5.92 Å². The number of hydrogen-bond donors (Lipinski definition) is 2. The molecule has 1 aromatic carbocycles. The standard InChI is InChI=1S/C19H32N4O.HI/c1-16(15-23-12-6-7-13-23)14-22-19(20-2)21-11-10-17-8-4-5-9-18(17)24-3;/h4-5,8-9,16H,6-7,10-15H2,1-3H3,(H2,20,21,22);1H. The van der Waals surface area contributed by atoms with Gasteiger partial charge in [-0.25, -0.2) is 0 Å². The molecule has 2 rings (SSSR count). The second kappa shape index (κ2) is 12.4. The van der Waals surface area contributed by atoms with E-state index >= 15 is 0 Å². The molecule has 142 valence electrons. The molecule has 1 atom stereocenters. The highest BCUT2D eigenvalue weighted by Crippen LogP contribution is 2.17. The van der Waals surface area contributed by atoms with Gasteiger partial charge in [0.25, 0.3) is 0 Å². The van der Waals surface area contributed by atoms with Crippen molar-refractivity contribution in [3.8, 4) is 5.75 Å². The predicted octanol–water partition coefficient (Wildman–Crippen LogP) is 2.75. The van der Waals surface area contributed by atoms with E-state index in [1.165, 1.54) is 38.0 Å². The van der Waals surface area contributed by atoms with Crippen LogP contribution in [0.15, 0.2) is 29.3 Å². The fourth-order valence-corrected chi connectivity index (χ4v) is 3.19. The molecule has 25 heavy (non-hydrogen) atoms. The molecule has 0 radical (unpaired) electrons. The maximum atomic E-state index is 5.39. The molecule has 0 bridgehead atoms. The van der Waals surface area contributed by atoms with Crippen molar-refractivity contribution < 1.29 is 4.74 Å². The van der Waals surface area contributed by atoms with Gasteiger partial charge < -0.3 is 20.3 Å². The van der Waals surface area contributed by atoms with Crippen LogP contribution in [0.5, 0.6) is 5.75 Å². The van der Waals surface area contributed by atoms with Crippen molar-refractivity contribution in [1.29, 1.82) is 0 Å². The zero-order valence-electron chi connectivity index (χ0n) is 15.8. The lowest BCUT2D eigenvalue weighted by Crippen LogP contribution is -2.42. The highest BCUT2D eigenvalue weighted by atomic mass is 127. The Balaban J connectivity index is 0.00000312. The Morgan fingerprint density at radius 1 is 1.24 bits per heavy atom. The fraction of sp³-hybridized carbons (Fsp3) is 0.632. The smallest absolute Gasteiger partial charge is 0.190 e. The van der Waals surface area contributed by atoms with Crippen LogP contribution in [0.25, 0.3) is 0 Å². The van der Waals surface area contributed by atoms with Crippen LogP contribution in [0.1, 0.15) is 25.3 Å². The maximum Gasteiger partial charge on any atom is 0.190 e. The third-order valence-electron chi connectivity index (χ3n) is 4.49. The molecule has 1 saturated heterocycles. The average molecular weight is 460 g/mol. The van der Waals surface area contributed by atoms with Gasteiger partial charge in [0.05, 0.1) is 7.11 Å². The van der Waals surface area contributed by atoms with E-state index in [0.717, 1.165) is 31.2 Å². The van der Waals surface area contributed by atoms with Gasteiger partial charge in [0.15, 0.2) is 5.96 Å².